The number of piperidine rings is 1. The highest BCUT2D eigenvalue weighted by atomic mass is 16.2. The first-order valence-electron chi connectivity index (χ1n) is 6.99. The molecular weight excluding hydrogens is 214 g/mol. The van der Waals surface area contributed by atoms with Crippen LogP contribution in [0.25, 0.3) is 0 Å². The van der Waals surface area contributed by atoms with Crippen LogP contribution in [0.1, 0.15) is 44.9 Å². The first kappa shape index (κ1) is 12.7. The Morgan fingerprint density at radius 1 is 1.12 bits per heavy atom. The maximum atomic E-state index is 12.0. The number of likely N-dealkylation sites (tertiary alicyclic amines) is 1. The first-order chi connectivity index (χ1) is 8.26. The second-order valence-corrected chi connectivity index (χ2v) is 5.62. The number of nitrogens with zero attached hydrogens (tertiary/aromatic N) is 1. The Labute approximate surface area is 104 Å². The third-order valence-corrected chi connectivity index (χ3v) is 4.36. The minimum absolute atomic E-state index is 0.115. The van der Waals surface area contributed by atoms with Gasteiger partial charge in [0, 0.05) is 25.0 Å². The standard InChI is InChI=1S/C13H25N3O/c14-10-13(6-2-3-7-13)11-15-12(17)16-8-4-1-5-9-16/h1-11,14H2,(H,15,17). The van der Waals surface area contributed by atoms with E-state index < -0.39 is 0 Å². The molecule has 0 aromatic rings. The van der Waals surface area contributed by atoms with Crippen LogP contribution >= 0.6 is 0 Å². The largest absolute Gasteiger partial charge is 0.337 e. The molecule has 3 N–H and O–H groups in total. The predicted molar refractivity (Wildman–Crippen MR) is 68.8 cm³/mol. The van der Waals surface area contributed by atoms with Crippen LogP contribution in [0.15, 0.2) is 0 Å². The Kier molecular flexibility index (Phi) is 4.26. The molecule has 98 valence electrons. The van der Waals surface area contributed by atoms with Gasteiger partial charge in [0.05, 0.1) is 0 Å². The van der Waals surface area contributed by atoms with Gasteiger partial charge in [0.1, 0.15) is 0 Å². The number of amides is 2. The van der Waals surface area contributed by atoms with Crippen molar-refractivity contribution in [3.63, 3.8) is 0 Å². The van der Waals surface area contributed by atoms with E-state index in [1.807, 2.05) is 4.90 Å². The second-order valence-electron chi connectivity index (χ2n) is 5.62. The van der Waals surface area contributed by atoms with E-state index in [4.69, 9.17) is 5.73 Å². The average molecular weight is 239 g/mol. The second kappa shape index (κ2) is 5.71. The van der Waals surface area contributed by atoms with Crippen molar-refractivity contribution < 1.29 is 4.79 Å². The van der Waals surface area contributed by atoms with Gasteiger partial charge in [0.15, 0.2) is 0 Å². The monoisotopic (exact) mass is 239 g/mol. The molecule has 2 amide bonds. The summed E-state index contributed by atoms with van der Waals surface area (Å²) in [6, 6.07) is 0.115. The molecule has 2 aliphatic rings. The van der Waals surface area contributed by atoms with Crippen molar-refractivity contribution in [1.82, 2.24) is 10.2 Å². The molecule has 4 nitrogen and oxygen atoms in total. The van der Waals surface area contributed by atoms with Crippen LogP contribution in [0.5, 0.6) is 0 Å². The lowest BCUT2D eigenvalue weighted by Gasteiger charge is -2.31. The summed E-state index contributed by atoms with van der Waals surface area (Å²) in [5, 5.41) is 3.09. The summed E-state index contributed by atoms with van der Waals surface area (Å²) in [7, 11) is 0. The van der Waals surface area contributed by atoms with Crippen molar-refractivity contribution in [2.24, 2.45) is 11.1 Å². The Balaban J connectivity index is 1.78. The number of carbonyl (C=O) groups is 1. The molecule has 0 radical (unpaired) electrons. The zero-order valence-corrected chi connectivity index (χ0v) is 10.7. The molecule has 2 rings (SSSR count). The van der Waals surface area contributed by atoms with E-state index in [2.05, 4.69) is 5.32 Å². The van der Waals surface area contributed by atoms with Crippen LogP contribution in [0.3, 0.4) is 0 Å². The third-order valence-electron chi connectivity index (χ3n) is 4.36. The summed E-state index contributed by atoms with van der Waals surface area (Å²) in [6.07, 6.45) is 8.42. The maximum Gasteiger partial charge on any atom is 0.317 e. The Bertz CT molecular complexity index is 255. The lowest BCUT2D eigenvalue weighted by Crippen LogP contribution is -2.47. The van der Waals surface area contributed by atoms with Crippen LogP contribution in [0.2, 0.25) is 0 Å². The molecule has 1 saturated heterocycles. The molecular formula is C13H25N3O. The van der Waals surface area contributed by atoms with Crippen molar-refractivity contribution in [1.29, 1.82) is 0 Å². The van der Waals surface area contributed by atoms with Crippen molar-refractivity contribution in [2.75, 3.05) is 26.2 Å². The highest BCUT2D eigenvalue weighted by Gasteiger charge is 2.33. The summed E-state index contributed by atoms with van der Waals surface area (Å²) >= 11 is 0. The topological polar surface area (TPSA) is 58.4 Å². The number of nitrogens with two attached hydrogens (primary N) is 1. The smallest absolute Gasteiger partial charge is 0.317 e. The van der Waals surface area contributed by atoms with Crippen molar-refractivity contribution in [3.8, 4) is 0 Å². The molecule has 0 aromatic heterocycles. The zero-order valence-electron chi connectivity index (χ0n) is 10.7. The molecule has 0 unspecified atom stereocenters. The van der Waals surface area contributed by atoms with Gasteiger partial charge in [-0.25, -0.2) is 4.79 Å². The molecule has 1 aliphatic carbocycles. The minimum Gasteiger partial charge on any atom is -0.337 e. The van der Waals surface area contributed by atoms with Gasteiger partial charge in [-0.3, -0.25) is 0 Å². The lowest BCUT2D eigenvalue weighted by molar-refractivity contribution is 0.178. The lowest BCUT2D eigenvalue weighted by atomic mass is 9.86. The van der Waals surface area contributed by atoms with Crippen LogP contribution in [0, 0.1) is 5.41 Å². The molecule has 1 heterocycles. The number of hydrogen-bond acceptors (Lipinski definition) is 2. The fourth-order valence-electron chi connectivity index (χ4n) is 3.05. The van der Waals surface area contributed by atoms with Gasteiger partial charge in [-0.15, -0.1) is 0 Å². The molecule has 0 bridgehead atoms. The Morgan fingerprint density at radius 3 is 2.35 bits per heavy atom. The summed E-state index contributed by atoms with van der Waals surface area (Å²) in [6.45, 7) is 3.30. The van der Waals surface area contributed by atoms with Crippen molar-refractivity contribution in [2.45, 2.75) is 44.9 Å². The molecule has 0 aromatic carbocycles. The third kappa shape index (κ3) is 3.12. The molecule has 0 atom stereocenters. The molecule has 4 heteroatoms. The summed E-state index contributed by atoms with van der Waals surface area (Å²) < 4.78 is 0. The van der Waals surface area contributed by atoms with Gasteiger partial charge >= 0.3 is 6.03 Å². The minimum atomic E-state index is 0.115. The van der Waals surface area contributed by atoms with Crippen LogP contribution < -0.4 is 11.1 Å². The number of urea groups is 1. The molecule has 0 spiro atoms. The fraction of sp³-hybridized carbons (Fsp3) is 0.923. The molecule has 2 fully saturated rings. The van der Waals surface area contributed by atoms with Crippen LogP contribution in [0.4, 0.5) is 4.79 Å². The molecule has 1 aliphatic heterocycles. The Morgan fingerprint density at radius 2 is 1.76 bits per heavy atom. The number of nitrogens with one attached hydrogen (secondary N) is 1. The number of carbonyl (C=O) groups excluding carboxylic acids is 1. The molecule has 17 heavy (non-hydrogen) atoms. The van der Waals surface area contributed by atoms with Crippen LogP contribution in [-0.4, -0.2) is 37.1 Å². The zero-order chi connectivity index (χ0) is 12.1. The van der Waals surface area contributed by atoms with Gasteiger partial charge < -0.3 is 16.0 Å². The van der Waals surface area contributed by atoms with E-state index >= 15 is 0 Å². The highest BCUT2D eigenvalue weighted by Crippen LogP contribution is 2.36. The normalized spacial score (nSPS) is 23.7. The maximum absolute atomic E-state index is 12.0. The van der Waals surface area contributed by atoms with Crippen molar-refractivity contribution >= 4 is 6.03 Å². The van der Waals surface area contributed by atoms with Crippen molar-refractivity contribution in [3.05, 3.63) is 0 Å². The summed E-state index contributed by atoms with van der Waals surface area (Å²) in [4.78, 5) is 13.9. The van der Waals surface area contributed by atoms with E-state index in [-0.39, 0.29) is 11.4 Å². The first-order valence-corrected chi connectivity index (χ1v) is 6.99. The van der Waals surface area contributed by atoms with E-state index in [1.54, 1.807) is 0 Å². The van der Waals surface area contributed by atoms with Gasteiger partial charge in [-0.1, -0.05) is 12.8 Å². The highest BCUT2D eigenvalue weighted by molar-refractivity contribution is 5.74. The number of rotatable bonds is 3. The van der Waals surface area contributed by atoms with Crippen LogP contribution in [-0.2, 0) is 0 Å². The van der Waals surface area contributed by atoms with Gasteiger partial charge in [-0.2, -0.15) is 0 Å². The summed E-state index contributed by atoms with van der Waals surface area (Å²) in [5.74, 6) is 0. The van der Waals surface area contributed by atoms with E-state index in [9.17, 15) is 4.79 Å². The summed E-state index contributed by atoms with van der Waals surface area (Å²) in [5.41, 5.74) is 6.05. The van der Waals surface area contributed by atoms with E-state index in [1.165, 1.54) is 32.1 Å². The average Bonchev–Trinajstić information content (AvgIpc) is 2.86. The van der Waals surface area contributed by atoms with Gasteiger partial charge in [-0.05, 0) is 38.6 Å². The van der Waals surface area contributed by atoms with Gasteiger partial charge in [0.2, 0.25) is 0 Å². The van der Waals surface area contributed by atoms with E-state index in [0.717, 1.165) is 32.5 Å². The quantitative estimate of drug-likeness (QED) is 0.787. The Hall–Kier alpha value is -0.770. The number of hydrogen-bond donors (Lipinski definition) is 2. The van der Waals surface area contributed by atoms with Gasteiger partial charge in [0.25, 0.3) is 0 Å². The van der Waals surface area contributed by atoms with E-state index in [0.29, 0.717) is 6.54 Å². The predicted octanol–water partition coefficient (Wildman–Crippen LogP) is 1.70. The molecule has 1 saturated carbocycles. The fourth-order valence-corrected chi connectivity index (χ4v) is 3.05. The SMILES string of the molecule is NCC1(CNC(=O)N2CCCCC2)CCCC1.